The van der Waals surface area contributed by atoms with Crippen LogP contribution in [0.4, 0.5) is 17.1 Å². The van der Waals surface area contributed by atoms with Crippen LogP contribution in [0.15, 0.2) is 249 Å². The molecule has 0 unspecified atom stereocenters. The van der Waals surface area contributed by atoms with Crippen LogP contribution in [0.2, 0.25) is 0 Å². The molecule has 4 aliphatic carbocycles. The number of hydrogen-bond acceptors (Lipinski definition) is 1. The summed E-state index contributed by atoms with van der Waals surface area (Å²) in [5.41, 5.74) is 31.7. The van der Waals surface area contributed by atoms with E-state index in [1.807, 2.05) is 0 Å². The Labute approximate surface area is 434 Å². The standard InChI is InChI=1S/C73H53N/c1-71(2)62-28-11-8-23-59(62)69-53(25-16-32-66(69)71)47-36-41-51(42-37-47)74(50-39-34-46(35-40-50)48-38-43-58-55-20-5-10-27-61(55)72(3,4)68(58)45-48)52-19-15-18-49(44-52)54-26-17-33-67-70(54)60-24-9-14-31-65(60)73(67)63-29-12-6-21-56(63)57-22-7-13-30-64(57)73/h5-45H,1-4H3. The predicted molar refractivity (Wildman–Crippen MR) is 309 cm³/mol. The minimum atomic E-state index is -0.405. The molecule has 0 heterocycles. The second-order valence-corrected chi connectivity index (χ2v) is 21.9. The lowest BCUT2D eigenvalue weighted by atomic mass is 9.70. The number of anilines is 3. The van der Waals surface area contributed by atoms with Gasteiger partial charge in [-0.05, 0) is 165 Å². The summed E-state index contributed by atoms with van der Waals surface area (Å²) in [5, 5.41) is 0. The maximum absolute atomic E-state index is 2.44. The molecular weight excluding hydrogens is 891 g/mol. The van der Waals surface area contributed by atoms with Gasteiger partial charge in [0, 0.05) is 27.9 Å². The predicted octanol–water partition coefficient (Wildman–Crippen LogP) is 19.1. The first kappa shape index (κ1) is 42.9. The topological polar surface area (TPSA) is 3.24 Å². The molecule has 0 bridgehead atoms. The minimum absolute atomic E-state index is 0.0650. The van der Waals surface area contributed by atoms with Crippen LogP contribution >= 0.6 is 0 Å². The third-order valence-electron chi connectivity index (χ3n) is 17.5. The summed E-state index contributed by atoms with van der Waals surface area (Å²) in [4.78, 5) is 2.44. The van der Waals surface area contributed by atoms with E-state index < -0.39 is 5.41 Å². The molecule has 0 atom stereocenters. The summed E-state index contributed by atoms with van der Waals surface area (Å²) in [5.74, 6) is 0. The first-order valence-electron chi connectivity index (χ1n) is 26.2. The van der Waals surface area contributed by atoms with E-state index in [1.54, 1.807) is 0 Å². The number of hydrogen-bond donors (Lipinski definition) is 0. The van der Waals surface area contributed by atoms with Gasteiger partial charge in [0.05, 0.1) is 5.41 Å². The van der Waals surface area contributed by atoms with Crippen LogP contribution in [-0.2, 0) is 16.2 Å². The van der Waals surface area contributed by atoms with Crippen molar-refractivity contribution >= 4 is 17.1 Å². The normalized spacial score (nSPS) is 14.8. The molecule has 0 radical (unpaired) electrons. The van der Waals surface area contributed by atoms with Crippen molar-refractivity contribution in [2.45, 2.75) is 43.9 Å². The fourth-order valence-corrected chi connectivity index (χ4v) is 14.1. The highest BCUT2D eigenvalue weighted by Crippen LogP contribution is 2.64. The number of fused-ring (bicyclic) bond motifs is 16. The van der Waals surface area contributed by atoms with E-state index in [-0.39, 0.29) is 10.8 Å². The summed E-state index contributed by atoms with van der Waals surface area (Å²) in [6, 6.07) is 93.8. The molecule has 0 amide bonds. The Kier molecular flexibility index (Phi) is 9.04. The van der Waals surface area contributed by atoms with Gasteiger partial charge in [-0.2, -0.15) is 0 Å². The van der Waals surface area contributed by atoms with Crippen molar-refractivity contribution in [2.75, 3.05) is 4.90 Å². The molecule has 0 aliphatic heterocycles. The Morgan fingerprint density at radius 1 is 0.230 bits per heavy atom. The van der Waals surface area contributed by atoms with Crippen LogP contribution in [-0.4, -0.2) is 0 Å². The quantitative estimate of drug-likeness (QED) is 0.161. The van der Waals surface area contributed by atoms with E-state index in [4.69, 9.17) is 0 Å². The monoisotopic (exact) mass is 943 g/mol. The summed E-state index contributed by atoms with van der Waals surface area (Å²) in [6.45, 7) is 9.44. The highest BCUT2D eigenvalue weighted by atomic mass is 15.1. The zero-order valence-electron chi connectivity index (χ0n) is 42.1. The first-order valence-corrected chi connectivity index (χ1v) is 26.2. The summed E-state index contributed by atoms with van der Waals surface area (Å²) >= 11 is 0. The van der Waals surface area contributed by atoms with E-state index >= 15 is 0 Å². The van der Waals surface area contributed by atoms with Gasteiger partial charge >= 0.3 is 0 Å². The number of rotatable bonds is 6. The zero-order valence-corrected chi connectivity index (χ0v) is 42.1. The van der Waals surface area contributed by atoms with Gasteiger partial charge in [-0.1, -0.05) is 234 Å². The van der Waals surface area contributed by atoms with E-state index in [2.05, 4.69) is 281 Å². The molecule has 11 aromatic carbocycles. The summed E-state index contributed by atoms with van der Waals surface area (Å²) < 4.78 is 0. The van der Waals surface area contributed by atoms with Crippen molar-refractivity contribution in [3.63, 3.8) is 0 Å². The molecule has 0 aromatic heterocycles. The molecule has 74 heavy (non-hydrogen) atoms. The molecule has 11 aromatic rings. The molecular formula is C73H53N. The van der Waals surface area contributed by atoms with Gasteiger partial charge < -0.3 is 4.90 Å². The molecule has 0 fully saturated rings. The van der Waals surface area contributed by atoms with Crippen LogP contribution in [0, 0.1) is 0 Å². The van der Waals surface area contributed by atoms with Gasteiger partial charge in [0.2, 0.25) is 0 Å². The van der Waals surface area contributed by atoms with Crippen LogP contribution in [0.3, 0.4) is 0 Å². The van der Waals surface area contributed by atoms with Gasteiger partial charge in [-0.25, -0.2) is 0 Å². The highest BCUT2D eigenvalue weighted by molar-refractivity contribution is 6.01. The third kappa shape index (κ3) is 5.81. The SMILES string of the molecule is CC1(C)c2ccccc2-c2ccc(-c3ccc(N(c4ccc(-c5cccc6c5-c5ccccc5C6(C)C)cc4)c4cccc(-c5cccc6c5-c5ccccc5C65c6ccccc6-c6ccccc65)c4)cc3)cc21. The van der Waals surface area contributed by atoms with Crippen molar-refractivity contribution in [2.24, 2.45) is 0 Å². The van der Waals surface area contributed by atoms with Gasteiger partial charge in [0.25, 0.3) is 0 Å². The van der Waals surface area contributed by atoms with Crippen LogP contribution in [0.25, 0.3) is 77.9 Å². The molecule has 1 nitrogen and oxygen atoms in total. The molecule has 350 valence electrons. The second kappa shape index (κ2) is 15.6. The molecule has 1 spiro atoms. The van der Waals surface area contributed by atoms with Gasteiger partial charge in [-0.3, -0.25) is 0 Å². The Balaban J connectivity index is 0.871. The molecule has 1 heteroatoms. The lowest BCUT2D eigenvalue weighted by Gasteiger charge is -2.30. The van der Waals surface area contributed by atoms with E-state index in [9.17, 15) is 0 Å². The lowest BCUT2D eigenvalue weighted by Crippen LogP contribution is -2.25. The molecule has 0 saturated carbocycles. The summed E-state index contributed by atoms with van der Waals surface area (Å²) in [6.07, 6.45) is 0. The Morgan fingerprint density at radius 2 is 0.622 bits per heavy atom. The third-order valence-corrected chi connectivity index (χ3v) is 17.5. The summed E-state index contributed by atoms with van der Waals surface area (Å²) in [7, 11) is 0. The largest absolute Gasteiger partial charge is 0.310 e. The fraction of sp³-hybridized carbons (Fsp3) is 0.0959. The van der Waals surface area contributed by atoms with Crippen molar-refractivity contribution in [3.8, 4) is 77.9 Å². The smallest absolute Gasteiger partial charge is 0.0725 e. The van der Waals surface area contributed by atoms with Crippen molar-refractivity contribution < 1.29 is 0 Å². The highest BCUT2D eigenvalue weighted by Gasteiger charge is 2.52. The van der Waals surface area contributed by atoms with Gasteiger partial charge in [0.1, 0.15) is 0 Å². The first-order chi connectivity index (χ1) is 36.2. The number of nitrogens with zero attached hydrogens (tertiary/aromatic N) is 1. The Bertz CT molecular complexity index is 4080. The minimum Gasteiger partial charge on any atom is -0.310 e. The van der Waals surface area contributed by atoms with E-state index in [1.165, 1.54) is 122 Å². The Hall–Kier alpha value is -8.78. The second-order valence-electron chi connectivity index (χ2n) is 21.9. The molecule has 4 aliphatic rings. The molecule has 0 N–H and O–H groups in total. The number of benzene rings is 11. The van der Waals surface area contributed by atoms with E-state index in [0.29, 0.717) is 0 Å². The van der Waals surface area contributed by atoms with Gasteiger partial charge in [-0.15, -0.1) is 0 Å². The molecule has 0 saturated heterocycles. The van der Waals surface area contributed by atoms with Gasteiger partial charge in [0.15, 0.2) is 0 Å². The van der Waals surface area contributed by atoms with Crippen LogP contribution in [0.1, 0.15) is 72.2 Å². The maximum atomic E-state index is 2.44. The Morgan fingerprint density at radius 3 is 1.24 bits per heavy atom. The maximum Gasteiger partial charge on any atom is 0.0725 e. The molecule has 15 rings (SSSR count). The van der Waals surface area contributed by atoms with Crippen molar-refractivity contribution in [3.05, 3.63) is 293 Å². The average Bonchev–Trinajstić information content (AvgIpc) is 4.11. The van der Waals surface area contributed by atoms with Crippen LogP contribution < -0.4 is 4.90 Å². The fourth-order valence-electron chi connectivity index (χ4n) is 14.1. The van der Waals surface area contributed by atoms with Crippen molar-refractivity contribution in [1.82, 2.24) is 0 Å². The zero-order chi connectivity index (χ0) is 49.5. The average molecular weight is 944 g/mol. The van der Waals surface area contributed by atoms with Crippen molar-refractivity contribution in [1.29, 1.82) is 0 Å². The van der Waals surface area contributed by atoms with E-state index in [0.717, 1.165) is 17.1 Å². The van der Waals surface area contributed by atoms with Crippen LogP contribution in [0.5, 0.6) is 0 Å². The lowest BCUT2D eigenvalue weighted by molar-refractivity contribution is 0.660.